The average Bonchev–Trinajstić information content (AvgIpc) is 2.30. The van der Waals surface area contributed by atoms with E-state index in [4.69, 9.17) is 9.47 Å². The average molecular weight is 234 g/mol. The molecule has 0 unspecified atom stereocenters. The van der Waals surface area contributed by atoms with E-state index in [9.17, 15) is 0 Å². The summed E-state index contributed by atoms with van der Waals surface area (Å²) in [5.41, 5.74) is 0.978. The topological polar surface area (TPSA) is 18.5 Å². The molecule has 0 aliphatic rings. The summed E-state index contributed by atoms with van der Waals surface area (Å²) in [6.45, 7) is 18.0. The van der Waals surface area contributed by atoms with Crippen molar-refractivity contribution in [2.75, 3.05) is 13.2 Å². The smallest absolute Gasteiger partial charge is 0.112 e. The van der Waals surface area contributed by atoms with Crippen molar-refractivity contribution in [2.24, 2.45) is 0 Å². The maximum absolute atomic E-state index is 5.41. The minimum absolute atomic E-state index is 0.611. The Labute approximate surface area is 105 Å². The van der Waals surface area contributed by atoms with Gasteiger partial charge in [0.1, 0.15) is 11.5 Å². The van der Waals surface area contributed by atoms with Crippen LogP contribution in [0.15, 0.2) is 61.6 Å². The number of allylic oxidation sites excluding steroid dienone is 4. The second-order valence-corrected chi connectivity index (χ2v) is 3.72. The fraction of sp³-hybridized carbons (Fsp3) is 0.333. The van der Waals surface area contributed by atoms with Gasteiger partial charge in [0.25, 0.3) is 0 Å². The van der Waals surface area contributed by atoms with Crippen LogP contribution in [0.25, 0.3) is 0 Å². The van der Waals surface area contributed by atoms with Gasteiger partial charge in [-0.1, -0.05) is 38.0 Å². The normalized spacial score (nSPS) is 9.94. The van der Waals surface area contributed by atoms with Crippen LogP contribution >= 0.6 is 0 Å². The highest BCUT2D eigenvalue weighted by Crippen LogP contribution is 2.02. The predicted octanol–water partition coefficient (Wildman–Crippen LogP) is 4.15. The summed E-state index contributed by atoms with van der Waals surface area (Å²) in [6, 6.07) is 0. The minimum Gasteiger partial charge on any atom is -0.494 e. The molecule has 0 aromatic rings. The lowest BCUT2D eigenvalue weighted by Gasteiger charge is -2.07. The second-order valence-electron chi connectivity index (χ2n) is 3.72. The van der Waals surface area contributed by atoms with Gasteiger partial charge in [-0.3, -0.25) is 0 Å². The monoisotopic (exact) mass is 234 g/mol. The molecule has 0 fully saturated rings. The summed E-state index contributed by atoms with van der Waals surface area (Å²) >= 11 is 0. The maximum atomic E-state index is 5.41. The number of ether oxygens (including phenoxy) is 2. The maximum Gasteiger partial charge on any atom is 0.112 e. The number of hydrogen-bond acceptors (Lipinski definition) is 2. The first-order valence-corrected chi connectivity index (χ1v) is 5.65. The fourth-order valence-electron chi connectivity index (χ4n) is 0.953. The van der Waals surface area contributed by atoms with Crippen LogP contribution in [0.5, 0.6) is 0 Å². The standard InChI is InChI=1S/C15H22O2/c1-6-14(4)16-11-7-8-12-17-15(5)10-9-13(2)3/h6,9-10H,1-2,4-5,7-8,11-12H2,3H3/b10-9-. The van der Waals surface area contributed by atoms with E-state index in [-0.39, 0.29) is 0 Å². The Morgan fingerprint density at radius 3 is 1.94 bits per heavy atom. The molecule has 2 heteroatoms. The molecule has 2 nitrogen and oxygen atoms in total. The van der Waals surface area contributed by atoms with Crippen molar-refractivity contribution in [1.82, 2.24) is 0 Å². The van der Waals surface area contributed by atoms with Gasteiger partial charge in [-0.25, -0.2) is 0 Å². The summed E-state index contributed by atoms with van der Waals surface area (Å²) in [4.78, 5) is 0. The molecule has 0 spiro atoms. The summed E-state index contributed by atoms with van der Waals surface area (Å²) in [6.07, 6.45) is 7.13. The molecule has 0 bridgehead atoms. The molecule has 0 aromatic carbocycles. The van der Waals surface area contributed by atoms with Crippen molar-refractivity contribution >= 4 is 0 Å². The molecule has 0 saturated heterocycles. The lowest BCUT2D eigenvalue weighted by molar-refractivity contribution is 0.184. The van der Waals surface area contributed by atoms with Crippen LogP contribution in [0.3, 0.4) is 0 Å². The van der Waals surface area contributed by atoms with Crippen LogP contribution in [0, 0.1) is 0 Å². The highest BCUT2D eigenvalue weighted by Gasteiger charge is 1.93. The molecule has 0 amide bonds. The summed E-state index contributed by atoms with van der Waals surface area (Å²) in [5.74, 6) is 1.27. The molecule has 0 saturated carbocycles. The molecule has 0 radical (unpaired) electrons. The van der Waals surface area contributed by atoms with Crippen molar-refractivity contribution in [2.45, 2.75) is 19.8 Å². The van der Waals surface area contributed by atoms with Gasteiger partial charge in [0, 0.05) is 0 Å². The highest BCUT2D eigenvalue weighted by molar-refractivity contribution is 5.19. The molecule has 0 rings (SSSR count). The zero-order valence-corrected chi connectivity index (χ0v) is 10.7. The zero-order valence-electron chi connectivity index (χ0n) is 10.7. The van der Waals surface area contributed by atoms with Crippen LogP contribution in [0.1, 0.15) is 19.8 Å². The third-order valence-corrected chi connectivity index (χ3v) is 1.90. The first-order chi connectivity index (χ1) is 8.06. The van der Waals surface area contributed by atoms with Gasteiger partial charge in [0.15, 0.2) is 0 Å². The van der Waals surface area contributed by atoms with Crippen molar-refractivity contribution < 1.29 is 9.47 Å². The van der Waals surface area contributed by atoms with E-state index in [0.717, 1.165) is 18.4 Å². The van der Waals surface area contributed by atoms with Gasteiger partial charge in [-0.05, 0) is 31.9 Å². The Kier molecular flexibility index (Phi) is 8.57. The second kappa shape index (κ2) is 9.52. The summed E-state index contributed by atoms with van der Waals surface area (Å²) < 4.78 is 10.7. The Morgan fingerprint density at radius 1 is 0.941 bits per heavy atom. The first-order valence-electron chi connectivity index (χ1n) is 5.65. The third kappa shape index (κ3) is 10.6. The molecule has 17 heavy (non-hydrogen) atoms. The molecule has 0 heterocycles. The Morgan fingerprint density at radius 2 is 1.47 bits per heavy atom. The Bertz CT molecular complexity index is 311. The number of rotatable bonds is 10. The molecule has 0 aliphatic carbocycles. The molecule has 0 aliphatic heterocycles. The lowest BCUT2D eigenvalue weighted by Crippen LogP contribution is -1.97. The van der Waals surface area contributed by atoms with E-state index in [1.165, 1.54) is 0 Å². The SMILES string of the molecule is C=CC(=C)OCCCCOC(=C)/C=C\C(=C)C. The quantitative estimate of drug-likeness (QED) is 0.321. The van der Waals surface area contributed by atoms with Gasteiger partial charge in [-0.15, -0.1) is 0 Å². The number of hydrogen-bond donors (Lipinski definition) is 0. The molecular weight excluding hydrogens is 212 g/mol. The van der Waals surface area contributed by atoms with Crippen molar-refractivity contribution in [3.8, 4) is 0 Å². The van der Waals surface area contributed by atoms with E-state index in [0.29, 0.717) is 24.7 Å². The molecule has 0 atom stereocenters. The van der Waals surface area contributed by atoms with E-state index >= 15 is 0 Å². The van der Waals surface area contributed by atoms with Crippen molar-refractivity contribution in [1.29, 1.82) is 0 Å². The summed E-state index contributed by atoms with van der Waals surface area (Å²) in [7, 11) is 0. The Balaban J connectivity index is 3.45. The Hall–Kier alpha value is -1.70. The highest BCUT2D eigenvalue weighted by atomic mass is 16.5. The molecule has 0 N–H and O–H groups in total. The van der Waals surface area contributed by atoms with Crippen molar-refractivity contribution in [3.63, 3.8) is 0 Å². The van der Waals surface area contributed by atoms with Gasteiger partial charge >= 0.3 is 0 Å². The van der Waals surface area contributed by atoms with E-state index in [2.05, 4.69) is 26.3 Å². The van der Waals surface area contributed by atoms with Gasteiger partial charge < -0.3 is 9.47 Å². The number of unbranched alkanes of at least 4 members (excludes halogenated alkanes) is 1. The molecule has 94 valence electrons. The predicted molar refractivity (Wildman–Crippen MR) is 73.6 cm³/mol. The van der Waals surface area contributed by atoms with Gasteiger partial charge in [0.05, 0.1) is 13.2 Å². The van der Waals surface area contributed by atoms with E-state index < -0.39 is 0 Å². The first kappa shape index (κ1) is 15.3. The molecule has 0 aromatic heterocycles. The largest absolute Gasteiger partial charge is 0.494 e. The molecular formula is C15H22O2. The van der Waals surface area contributed by atoms with E-state index in [1.807, 2.05) is 19.1 Å². The van der Waals surface area contributed by atoms with Gasteiger partial charge in [0.2, 0.25) is 0 Å². The van der Waals surface area contributed by atoms with E-state index in [1.54, 1.807) is 6.08 Å². The third-order valence-electron chi connectivity index (χ3n) is 1.90. The zero-order chi connectivity index (χ0) is 13.1. The van der Waals surface area contributed by atoms with Crippen LogP contribution in [0.2, 0.25) is 0 Å². The van der Waals surface area contributed by atoms with Crippen molar-refractivity contribution in [3.05, 3.63) is 61.6 Å². The van der Waals surface area contributed by atoms with Crippen LogP contribution in [-0.2, 0) is 9.47 Å². The van der Waals surface area contributed by atoms with Crippen LogP contribution < -0.4 is 0 Å². The van der Waals surface area contributed by atoms with Crippen LogP contribution in [-0.4, -0.2) is 13.2 Å². The summed E-state index contributed by atoms with van der Waals surface area (Å²) in [5, 5.41) is 0. The lowest BCUT2D eigenvalue weighted by atomic mass is 10.3. The fourth-order valence-corrected chi connectivity index (χ4v) is 0.953. The van der Waals surface area contributed by atoms with Gasteiger partial charge in [-0.2, -0.15) is 0 Å². The minimum atomic E-state index is 0.611. The van der Waals surface area contributed by atoms with Crippen LogP contribution in [0.4, 0.5) is 0 Å².